The smallest absolute Gasteiger partial charge is 0.0420 e. The van der Waals surface area contributed by atoms with Crippen LogP contribution in [0.1, 0.15) is 93.9 Å². The second-order valence-electron chi connectivity index (χ2n) is 6.73. The molecule has 0 aromatic heterocycles. The van der Waals surface area contributed by atoms with Crippen LogP contribution >= 0.6 is 0 Å². The highest BCUT2D eigenvalue weighted by Crippen LogP contribution is 2.22. The summed E-state index contributed by atoms with van der Waals surface area (Å²) in [6.45, 7) is 18.5. The average Bonchev–Trinajstić information content (AvgIpc) is 2.30. The first-order valence-electron chi connectivity index (χ1n) is 8.36. The van der Waals surface area contributed by atoms with Crippen LogP contribution in [-0.4, -0.2) is 0 Å². The zero-order chi connectivity index (χ0) is 14.6. The van der Waals surface area contributed by atoms with E-state index < -0.39 is 0 Å². The first-order valence-corrected chi connectivity index (χ1v) is 8.36. The van der Waals surface area contributed by atoms with Crippen LogP contribution in [0, 0.1) is 23.7 Å². The predicted molar refractivity (Wildman–Crippen MR) is 87.1 cm³/mol. The van der Waals surface area contributed by atoms with Gasteiger partial charge in [-0.15, -0.1) is 0 Å². The minimum absolute atomic E-state index is 0.856. The molecule has 0 heterocycles. The van der Waals surface area contributed by atoms with Gasteiger partial charge in [-0.25, -0.2) is 0 Å². The van der Waals surface area contributed by atoms with Crippen LogP contribution in [0.15, 0.2) is 0 Å². The maximum atomic E-state index is 2.38. The molecule has 0 aromatic carbocycles. The zero-order valence-electron chi connectivity index (χ0n) is 14.6. The van der Waals surface area contributed by atoms with Crippen LogP contribution in [0.4, 0.5) is 0 Å². The van der Waals surface area contributed by atoms with E-state index in [-0.39, 0.29) is 0 Å². The molecule has 0 aliphatic carbocycles. The number of hydrogen-bond acceptors (Lipinski definition) is 0. The summed E-state index contributed by atoms with van der Waals surface area (Å²) in [5.74, 6) is 3.52. The molecule has 0 spiro atoms. The molecule has 0 fully saturated rings. The van der Waals surface area contributed by atoms with Crippen molar-refractivity contribution in [2.24, 2.45) is 23.7 Å². The standard InChI is InChI=1S/C13H28.C5H12/c1-10(2)12(5)8-7-9-13(6)11(3)4;1-3-5-4-2/h10-13H,7-9H2,1-6H3;3-5H2,1-2H3. The largest absolute Gasteiger partial charge is 0.0654 e. The molecule has 18 heavy (non-hydrogen) atoms. The first-order chi connectivity index (χ1) is 8.36. The van der Waals surface area contributed by atoms with Gasteiger partial charge in [0.25, 0.3) is 0 Å². The third kappa shape index (κ3) is 14.1. The Bertz CT molecular complexity index is 130. The topological polar surface area (TPSA) is 0 Å². The van der Waals surface area contributed by atoms with Crippen molar-refractivity contribution in [2.75, 3.05) is 0 Å². The van der Waals surface area contributed by atoms with Crippen LogP contribution < -0.4 is 0 Å². The summed E-state index contributed by atoms with van der Waals surface area (Å²) in [6, 6.07) is 0. The summed E-state index contributed by atoms with van der Waals surface area (Å²) >= 11 is 0. The number of hydrogen-bond donors (Lipinski definition) is 0. The second-order valence-corrected chi connectivity index (χ2v) is 6.73. The van der Waals surface area contributed by atoms with Crippen molar-refractivity contribution in [3.05, 3.63) is 0 Å². The Morgan fingerprint density at radius 2 is 0.889 bits per heavy atom. The van der Waals surface area contributed by atoms with Crippen LogP contribution in [0.5, 0.6) is 0 Å². The molecule has 2 unspecified atom stereocenters. The Morgan fingerprint density at radius 1 is 0.556 bits per heavy atom. The minimum atomic E-state index is 0.856. The summed E-state index contributed by atoms with van der Waals surface area (Å²) in [5.41, 5.74) is 0. The van der Waals surface area contributed by atoms with E-state index in [9.17, 15) is 0 Å². The van der Waals surface area contributed by atoms with Crippen molar-refractivity contribution in [1.82, 2.24) is 0 Å². The van der Waals surface area contributed by atoms with Crippen molar-refractivity contribution in [1.29, 1.82) is 0 Å². The lowest BCUT2D eigenvalue weighted by atomic mass is 9.88. The van der Waals surface area contributed by atoms with E-state index in [0.29, 0.717) is 0 Å². The van der Waals surface area contributed by atoms with Gasteiger partial charge in [-0.05, 0) is 23.7 Å². The van der Waals surface area contributed by atoms with Gasteiger partial charge in [0.2, 0.25) is 0 Å². The molecule has 0 aliphatic heterocycles. The molecular formula is C18H40. The molecule has 0 aliphatic rings. The van der Waals surface area contributed by atoms with Crippen molar-refractivity contribution < 1.29 is 0 Å². The van der Waals surface area contributed by atoms with Gasteiger partial charge in [0.05, 0.1) is 0 Å². The van der Waals surface area contributed by atoms with E-state index in [4.69, 9.17) is 0 Å². The molecule has 0 heteroatoms. The quantitative estimate of drug-likeness (QED) is 0.441. The van der Waals surface area contributed by atoms with E-state index in [1.54, 1.807) is 0 Å². The molecule has 0 saturated carbocycles. The summed E-state index contributed by atoms with van der Waals surface area (Å²) in [7, 11) is 0. The maximum Gasteiger partial charge on any atom is -0.0420 e. The number of unbranched alkanes of at least 4 members (excludes halogenated alkanes) is 2. The highest BCUT2D eigenvalue weighted by atomic mass is 14.2. The molecule has 0 nitrogen and oxygen atoms in total. The molecular weight excluding hydrogens is 216 g/mol. The fraction of sp³-hybridized carbons (Fsp3) is 1.00. The Labute approximate surface area is 118 Å². The SMILES string of the molecule is CC(C)C(C)CCCC(C)C(C)C.CCCCC. The van der Waals surface area contributed by atoms with Crippen molar-refractivity contribution in [3.8, 4) is 0 Å². The monoisotopic (exact) mass is 256 g/mol. The van der Waals surface area contributed by atoms with Gasteiger partial charge in [0.1, 0.15) is 0 Å². The summed E-state index contributed by atoms with van der Waals surface area (Å²) in [5, 5.41) is 0. The Hall–Kier alpha value is 0. The van der Waals surface area contributed by atoms with E-state index in [1.807, 2.05) is 0 Å². The van der Waals surface area contributed by atoms with Gasteiger partial charge >= 0.3 is 0 Å². The van der Waals surface area contributed by atoms with Gasteiger partial charge in [0, 0.05) is 0 Å². The van der Waals surface area contributed by atoms with Gasteiger partial charge < -0.3 is 0 Å². The Morgan fingerprint density at radius 3 is 1.06 bits per heavy atom. The van der Waals surface area contributed by atoms with Gasteiger partial charge in [-0.2, -0.15) is 0 Å². The second kappa shape index (κ2) is 13.4. The average molecular weight is 257 g/mol. The molecule has 0 amide bonds. The predicted octanol–water partition coefficient (Wildman–Crippen LogP) is 6.94. The molecule has 2 atom stereocenters. The van der Waals surface area contributed by atoms with Crippen LogP contribution in [0.25, 0.3) is 0 Å². The van der Waals surface area contributed by atoms with Gasteiger partial charge in [-0.1, -0.05) is 93.9 Å². The van der Waals surface area contributed by atoms with Crippen molar-refractivity contribution >= 4 is 0 Å². The number of rotatable bonds is 8. The van der Waals surface area contributed by atoms with Crippen LogP contribution in [0.3, 0.4) is 0 Å². The lowest BCUT2D eigenvalue weighted by Crippen LogP contribution is -2.07. The van der Waals surface area contributed by atoms with Gasteiger partial charge in [0.15, 0.2) is 0 Å². The minimum Gasteiger partial charge on any atom is -0.0654 e. The summed E-state index contributed by atoms with van der Waals surface area (Å²) < 4.78 is 0. The molecule has 0 aromatic rings. The van der Waals surface area contributed by atoms with Gasteiger partial charge in [-0.3, -0.25) is 0 Å². The summed E-state index contributed by atoms with van der Waals surface area (Å²) in [6.07, 6.45) is 8.31. The van der Waals surface area contributed by atoms with E-state index in [1.165, 1.54) is 38.5 Å². The molecule has 0 N–H and O–H groups in total. The van der Waals surface area contributed by atoms with Crippen molar-refractivity contribution in [2.45, 2.75) is 93.9 Å². The maximum absolute atomic E-state index is 2.38. The molecule has 112 valence electrons. The van der Waals surface area contributed by atoms with E-state index >= 15 is 0 Å². The molecule has 0 radical (unpaired) electrons. The lowest BCUT2D eigenvalue weighted by Gasteiger charge is -2.18. The van der Waals surface area contributed by atoms with Crippen molar-refractivity contribution in [3.63, 3.8) is 0 Å². The fourth-order valence-corrected chi connectivity index (χ4v) is 1.78. The highest BCUT2D eigenvalue weighted by Gasteiger charge is 2.10. The third-order valence-electron chi connectivity index (χ3n) is 4.30. The summed E-state index contributed by atoms with van der Waals surface area (Å²) in [4.78, 5) is 0. The van der Waals surface area contributed by atoms with Crippen LogP contribution in [-0.2, 0) is 0 Å². The molecule has 0 saturated heterocycles. The molecule has 0 bridgehead atoms. The Kier molecular flexibility index (Phi) is 15.2. The first kappa shape index (κ1) is 20.3. The van der Waals surface area contributed by atoms with Crippen LogP contribution in [0.2, 0.25) is 0 Å². The van der Waals surface area contributed by atoms with E-state index in [0.717, 1.165) is 23.7 Å². The fourth-order valence-electron chi connectivity index (χ4n) is 1.78. The highest BCUT2D eigenvalue weighted by molar-refractivity contribution is 4.61. The lowest BCUT2D eigenvalue weighted by molar-refractivity contribution is 0.331. The van der Waals surface area contributed by atoms with E-state index in [2.05, 4.69) is 55.4 Å². The normalized spacial score (nSPS) is 14.3. The molecule has 0 rings (SSSR count). The third-order valence-corrected chi connectivity index (χ3v) is 4.30. The Balaban J connectivity index is 0. The zero-order valence-corrected chi connectivity index (χ0v) is 14.6.